The van der Waals surface area contributed by atoms with Crippen LogP contribution < -0.4 is 0 Å². The van der Waals surface area contributed by atoms with Crippen LogP contribution in [-0.4, -0.2) is 42.0 Å². The molecule has 0 unspecified atom stereocenters. The molecule has 2 aliphatic heterocycles. The van der Waals surface area contributed by atoms with Gasteiger partial charge in [0.15, 0.2) is 0 Å². The zero-order valence-electron chi connectivity index (χ0n) is 16.2. The molecule has 2 aromatic carbocycles. The van der Waals surface area contributed by atoms with Crippen LogP contribution in [0.2, 0.25) is 0 Å². The maximum absolute atomic E-state index is 13.1. The molecule has 0 aliphatic carbocycles. The van der Waals surface area contributed by atoms with E-state index in [0.29, 0.717) is 6.04 Å². The van der Waals surface area contributed by atoms with Crippen molar-refractivity contribution in [2.24, 2.45) is 5.92 Å². The van der Waals surface area contributed by atoms with Crippen LogP contribution in [-0.2, 0) is 13.0 Å². The lowest BCUT2D eigenvalue weighted by molar-refractivity contribution is 0.129. The number of benzene rings is 2. The second-order valence-electron chi connectivity index (χ2n) is 8.33. The number of likely N-dealkylation sites (tertiary alicyclic amines) is 2. The highest BCUT2D eigenvalue weighted by molar-refractivity contribution is 5.17. The summed E-state index contributed by atoms with van der Waals surface area (Å²) in [5.74, 6) is 0.612. The molecule has 0 spiro atoms. The average Bonchev–Trinajstić information content (AvgIpc) is 3.12. The maximum Gasteiger partial charge on any atom is 0.123 e. The molecule has 0 amide bonds. The highest BCUT2D eigenvalue weighted by Gasteiger charge is 2.28. The zero-order valence-corrected chi connectivity index (χ0v) is 16.2. The summed E-state index contributed by atoms with van der Waals surface area (Å²) in [6, 6.07) is 18.7. The van der Waals surface area contributed by atoms with Crippen LogP contribution in [0.15, 0.2) is 54.6 Å². The lowest BCUT2D eigenvalue weighted by atomic mass is 9.90. The van der Waals surface area contributed by atoms with Crippen LogP contribution in [0.1, 0.15) is 36.8 Å². The third-order valence-electron chi connectivity index (χ3n) is 6.34. The summed E-state index contributed by atoms with van der Waals surface area (Å²) in [6.07, 6.45) is 6.30. The molecule has 1 atom stereocenters. The minimum absolute atomic E-state index is 0.134. The van der Waals surface area contributed by atoms with Crippen LogP contribution in [0.4, 0.5) is 4.39 Å². The topological polar surface area (TPSA) is 6.48 Å². The Balaban J connectivity index is 1.24. The fourth-order valence-corrected chi connectivity index (χ4v) is 4.75. The molecule has 2 aliphatic rings. The molecule has 0 aromatic heterocycles. The summed E-state index contributed by atoms with van der Waals surface area (Å²) >= 11 is 0. The Morgan fingerprint density at radius 3 is 2.30 bits per heavy atom. The summed E-state index contributed by atoms with van der Waals surface area (Å²) in [5.41, 5.74) is 2.71. The van der Waals surface area contributed by atoms with Crippen LogP contribution in [0.3, 0.4) is 0 Å². The molecule has 3 heteroatoms. The standard InChI is InChI=1S/C24H31FN2/c25-23-10-8-20(9-11-23)17-21-12-15-26(16-13-21)19-24-7-4-14-27(24)18-22-5-2-1-3-6-22/h1-3,5-6,8-11,21,24H,4,7,12-19H2/t24-/m0/s1. The van der Waals surface area contributed by atoms with E-state index in [1.54, 1.807) is 12.1 Å². The Morgan fingerprint density at radius 2 is 1.56 bits per heavy atom. The summed E-state index contributed by atoms with van der Waals surface area (Å²) in [4.78, 5) is 5.36. The molecule has 0 radical (unpaired) electrons. The Labute approximate surface area is 163 Å². The van der Waals surface area contributed by atoms with E-state index in [-0.39, 0.29) is 5.82 Å². The normalized spacial score (nSPS) is 22.3. The van der Waals surface area contributed by atoms with Crippen molar-refractivity contribution >= 4 is 0 Å². The third kappa shape index (κ3) is 5.18. The highest BCUT2D eigenvalue weighted by Crippen LogP contribution is 2.25. The molecule has 2 fully saturated rings. The monoisotopic (exact) mass is 366 g/mol. The van der Waals surface area contributed by atoms with E-state index in [1.165, 1.54) is 63.0 Å². The van der Waals surface area contributed by atoms with Gasteiger partial charge in [-0.3, -0.25) is 4.90 Å². The van der Waals surface area contributed by atoms with Gasteiger partial charge in [-0.15, -0.1) is 0 Å². The molecule has 2 aromatic rings. The second-order valence-corrected chi connectivity index (χ2v) is 8.33. The number of piperidine rings is 1. The Morgan fingerprint density at radius 1 is 0.815 bits per heavy atom. The van der Waals surface area contributed by atoms with Crippen molar-refractivity contribution in [1.82, 2.24) is 9.80 Å². The van der Waals surface area contributed by atoms with Gasteiger partial charge >= 0.3 is 0 Å². The highest BCUT2D eigenvalue weighted by atomic mass is 19.1. The largest absolute Gasteiger partial charge is 0.302 e. The van der Waals surface area contributed by atoms with E-state index in [2.05, 4.69) is 40.1 Å². The van der Waals surface area contributed by atoms with Crippen LogP contribution in [0.5, 0.6) is 0 Å². The Hall–Kier alpha value is -1.71. The first-order chi connectivity index (χ1) is 13.3. The van der Waals surface area contributed by atoms with E-state index in [0.717, 1.165) is 18.9 Å². The number of rotatable bonds is 6. The van der Waals surface area contributed by atoms with Gasteiger partial charge in [0.1, 0.15) is 5.82 Å². The van der Waals surface area contributed by atoms with E-state index in [4.69, 9.17) is 0 Å². The fourth-order valence-electron chi connectivity index (χ4n) is 4.75. The van der Waals surface area contributed by atoms with Crippen molar-refractivity contribution in [3.05, 3.63) is 71.5 Å². The molecule has 2 heterocycles. The summed E-state index contributed by atoms with van der Waals surface area (Å²) in [7, 11) is 0. The van der Waals surface area contributed by atoms with Gasteiger partial charge in [0.2, 0.25) is 0 Å². The molecule has 2 saturated heterocycles. The van der Waals surface area contributed by atoms with Crippen LogP contribution >= 0.6 is 0 Å². The quantitative estimate of drug-likeness (QED) is 0.728. The number of hydrogen-bond acceptors (Lipinski definition) is 2. The third-order valence-corrected chi connectivity index (χ3v) is 6.34. The molecule has 0 N–H and O–H groups in total. The zero-order chi connectivity index (χ0) is 18.5. The van der Waals surface area contributed by atoms with E-state index < -0.39 is 0 Å². The van der Waals surface area contributed by atoms with Gasteiger partial charge in [-0.25, -0.2) is 4.39 Å². The first-order valence-electron chi connectivity index (χ1n) is 10.5. The van der Waals surface area contributed by atoms with Crippen molar-refractivity contribution in [2.75, 3.05) is 26.2 Å². The van der Waals surface area contributed by atoms with Crippen molar-refractivity contribution in [1.29, 1.82) is 0 Å². The molecular formula is C24H31FN2. The van der Waals surface area contributed by atoms with Gasteiger partial charge in [0.25, 0.3) is 0 Å². The van der Waals surface area contributed by atoms with Crippen LogP contribution in [0, 0.1) is 11.7 Å². The average molecular weight is 367 g/mol. The van der Waals surface area contributed by atoms with E-state index in [1.807, 2.05) is 12.1 Å². The molecule has 2 nitrogen and oxygen atoms in total. The van der Waals surface area contributed by atoms with Crippen molar-refractivity contribution < 1.29 is 4.39 Å². The smallest absolute Gasteiger partial charge is 0.123 e. The molecule has 144 valence electrons. The summed E-state index contributed by atoms with van der Waals surface area (Å²) in [6.45, 7) is 5.96. The van der Waals surface area contributed by atoms with Gasteiger partial charge < -0.3 is 4.90 Å². The molecular weight excluding hydrogens is 335 g/mol. The minimum Gasteiger partial charge on any atom is -0.302 e. The predicted molar refractivity (Wildman–Crippen MR) is 109 cm³/mol. The van der Waals surface area contributed by atoms with Gasteiger partial charge in [-0.1, -0.05) is 42.5 Å². The lowest BCUT2D eigenvalue weighted by Crippen LogP contribution is -2.43. The lowest BCUT2D eigenvalue weighted by Gasteiger charge is -2.36. The van der Waals surface area contributed by atoms with Crippen LogP contribution in [0.25, 0.3) is 0 Å². The number of halogens is 1. The Bertz CT molecular complexity index is 692. The second kappa shape index (κ2) is 8.99. The maximum atomic E-state index is 13.1. The number of hydrogen-bond donors (Lipinski definition) is 0. The first kappa shape index (κ1) is 18.6. The molecule has 27 heavy (non-hydrogen) atoms. The van der Waals surface area contributed by atoms with Crippen molar-refractivity contribution in [3.8, 4) is 0 Å². The Kier molecular flexibility index (Phi) is 6.21. The number of nitrogens with zero attached hydrogens (tertiary/aromatic N) is 2. The molecule has 0 bridgehead atoms. The predicted octanol–water partition coefficient (Wildman–Crippen LogP) is 4.74. The molecule has 0 saturated carbocycles. The van der Waals surface area contributed by atoms with Gasteiger partial charge in [0.05, 0.1) is 0 Å². The van der Waals surface area contributed by atoms with Gasteiger partial charge in [0, 0.05) is 19.1 Å². The first-order valence-corrected chi connectivity index (χ1v) is 10.5. The SMILES string of the molecule is Fc1ccc(CC2CCN(C[C@@H]3CCCN3Cc3ccccc3)CC2)cc1. The minimum atomic E-state index is -0.134. The van der Waals surface area contributed by atoms with E-state index >= 15 is 0 Å². The van der Waals surface area contributed by atoms with Crippen molar-refractivity contribution in [2.45, 2.75) is 44.7 Å². The van der Waals surface area contributed by atoms with Crippen molar-refractivity contribution in [3.63, 3.8) is 0 Å². The summed E-state index contributed by atoms with van der Waals surface area (Å²) < 4.78 is 13.1. The van der Waals surface area contributed by atoms with Gasteiger partial charge in [-0.05, 0) is 80.9 Å². The fraction of sp³-hybridized carbons (Fsp3) is 0.500. The van der Waals surface area contributed by atoms with E-state index in [9.17, 15) is 4.39 Å². The van der Waals surface area contributed by atoms with Gasteiger partial charge in [-0.2, -0.15) is 0 Å². The summed E-state index contributed by atoms with van der Waals surface area (Å²) in [5, 5.41) is 0. The molecule has 4 rings (SSSR count).